The largest absolute Gasteiger partial charge is 0.477 e. The summed E-state index contributed by atoms with van der Waals surface area (Å²) >= 11 is 0. The number of aromatic amines is 1. The number of halogens is 2. The van der Waals surface area contributed by atoms with Crippen molar-refractivity contribution in [3.05, 3.63) is 64.3 Å². The van der Waals surface area contributed by atoms with E-state index in [1.54, 1.807) is 25.4 Å². The second-order valence-corrected chi connectivity index (χ2v) is 10.5. The quantitative estimate of drug-likeness (QED) is 0.314. The van der Waals surface area contributed by atoms with Gasteiger partial charge in [0.1, 0.15) is 16.9 Å². The van der Waals surface area contributed by atoms with E-state index < -0.39 is 28.7 Å². The summed E-state index contributed by atoms with van der Waals surface area (Å²) in [6.07, 6.45) is 5.18. The smallest absolute Gasteiger partial charge is 0.342 e. The fourth-order valence-electron chi connectivity index (χ4n) is 6.48. The first-order chi connectivity index (χ1) is 19.3. The minimum atomic E-state index is -1.37. The number of carboxylic acids is 1. The lowest BCUT2D eigenvalue weighted by Crippen LogP contribution is -2.35. The fourth-order valence-corrected chi connectivity index (χ4v) is 6.48. The lowest BCUT2D eigenvalue weighted by atomic mass is 10.0. The molecule has 0 saturated carbocycles. The number of carboxylic acid groups (broad SMARTS) is 1. The van der Waals surface area contributed by atoms with Gasteiger partial charge in [-0.2, -0.15) is 0 Å². The van der Waals surface area contributed by atoms with Crippen molar-refractivity contribution >= 4 is 44.9 Å². The molecule has 2 aliphatic heterocycles. The Hall–Kier alpha value is -4.58. The third-order valence-corrected chi connectivity index (χ3v) is 8.29. The van der Waals surface area contributed by atoms with E-state index in [1.807, 2.05) is 0 Å². The van der Waals surface area contributed by atoms with Crippen LogP contribution in [0.1, 0.15) is 16.8 Å². The van der Waals surface area contributed by atoms with Gasteiger partial charge in [-0.1, -0.05) is 0 Å². The topological polar surface area (TPSA) is 119 Å². The molecule has 1 aromatic carbocycles. The van der Waals surface area contributed by atoms with Crippen molar-refractivity contribution in [2.75, 3.05) is 43.9 Å². The molecule has 0 bridgehead atoms. The highest BCUT2D eigenvalue weighted by Gasteiger charge is 2.42. The van der Waals surface area contributed by atoms with Crippen LogP contribution in [0.5, 0.6) is 0 Å². The van der Waals surface area contributed by atoms with Crippen LogP contribution in [0.4, 0.5) is 20.2 Å². The molecule has 7 rings (SSSR count). The van der Waals surface area contributed by atoms with E-state index in [4.69, 9.17) is 0 Å². The molecule has 10 nitrogen and oxygen atoms in total. The Bertz CT molecular complexity index is 1940. The number of nitrogens with zero attached hydrogens (tertiary/aromatic N) is 5. The second-order valence-electron chi connectivity index (χ2n) is 10.5. The fraction of sp³-hybridized carbons (Fsp3) is 0.286. The summed E-state index contributed by atoms with van der Waals surface area (Å²) in [6.45, 7) is 2.48. The summed E-state index contributed by atoms with van der Waals surface area (Å²) in [5, 5.41) is 12.9. The average molecular weight is 546 g/mol. The Balaban J connectivity index is 1.57. The van der Waals surface area contributed by atoms with E-state index in [0.29, 0.717) is 45.0 Å². The molecule has 40 heavy (non-hydrogen) atoms. The number of benzene rings is 1. The molecular weight excluding hydrogens is 520 g/mol. The molecule has 2 saturated heterocycles. The van der Waals surface area contributed by atoms with Gasteiger partial charge in [0.15, 0.2) is 11.6 Å². The minimum absolute atomic E-state index is 0.103. The van der Waals surface area contributed by atoms with Crippen LogP contribution in [0, 0.1) is 17.6 Å². The van der Waals surface area contributed by atoms with E-state index in [-0.39, 0.29) is 17.1 Å². The number of hydrogen-bond donors (Lipinski definition) is 3. The molecule has 2 aliphatic rings. The lowest BCUT2D eigenvalue weighted by Gasteiger charge is -2.29. The van der Waals surface area contributed by atoms with Crippen molar-refractivity contribution in [1.82, 2.24) is 24.3 Å². The van der Waals surface area contributed by atoms with Gasteiger partial charge in [-0.3, -0.25) is 9.20 Å². The number of likely N-dealkylation sites (N-methyl/N-ethyl adjacent to an activating group) is 1. The summed E-state index contributed by atoms with van der Waals surface area (Å²) < 4.78 is 31.7. The summed E-state index contributed by atoms with van der Waals surface area (Å²) in [5.41, 5.74) is 2.23. The monoisotopic (exact) mass is 545 g/mol. The summed E-state index contributed by atoms with van der Waals surface area (Å²) in [6, 6.07) is 4.67. The standard InChI is InChI=1S/C28H25F2N7O3/c1-31-18-7-17(29)23(30)21-22-25(36-6-5-14-10-35(2)12-19(14)36)15(8-33-26(22)34-24(18)21)13-3-4-20-32-9-16(28(39)40)27(38)37(20)11-13/h3-4,7-9,11,14,19,31H,5-6,10,12H2,1-2H3,(H,33,34)(H,39,40). The highest BCUT2D eigenvalue weighted by atomic mass is 19.2. The van der Waals surface area contributed by atoms with Crippen molar-refractivity contribution in [1.29, 1.82) is 0 Å². The molecule has 0 spiro atoms. The molecule has 0 radical (unpaired) electrons. The molecule has 2 atom stereocenters. The van der Waals surface area contributed by atoms with Gasteiger partial charge in [0.2, 0.25) is 0 Å². The molecule has 0 amide bonds. The number of pyridine rings is 2. The lowest BCUT2D eigenvalue weighted by molar-refractivity contribution is 0.0694. The van der Waals surface area contributed by atoms with Gasteiger partial charge < -0.3 is 25.2 Å². The summed E-state index contributed by atoms with van der Waals surface area (Å²) in [4.78, 5) is 41.0. The Kier molecular flexibility index (Phi) is 5.33. The second kappa shape index (κ2) is 8.71. The number of fused-ring (bicyclic) bond motifs is 5. The molecule has 12 heteroatoms. The zero-order valence-electron chi connectivity index (χ0n) is 21.7. The van der Waals surface area contributed by atoms with Crippen LogP contribution in [0.2, 0.25) is 0 Å². The molecule has 2 fully saturated rings. The summed E-state index contributed by atoms with van der Waals surface area (Å²) in [5.74, 6) is -2.89. The Morgan fingerprint density at radius 3 is 2.77 bits per heavy atom. The first-order valence-corrected chi connectivity index (χ1v) is 13.0. The maximum atomic E-state index is 15.6. The molecule has 5 aromatic rings. The average Bonchev–Trinajstić information content (AvgIpc) is 3.62. The number of aromatic carboxylic acids is 1. The summed E-state index contributed by atoms with van der Waals surface area (Å²) in [7, 11) is 3.71. The zero-order valence-corrected chi connectivity index (χ0v) is 21.7. The molecule has 2 unspecified atom stereocenters. The van der Waals surface area contributed by atoms with Crippen LogP contribution in [-0.4, -0.2) is 75.1 Å². The number of likely N-dealkylation sites (tertiary alicyclic amines) is 1. The third kappa shape index (κ3) is 3.41. The van der Waals surface area contributed by atoms with Crippen LogP contribution < -0.4 is 15.8 Å². The van der Waals surface area contributed by atoms with Crippen molar-refractivity contribution < 1.29 is 18.7 Å². The first kappa shape index (κ1) is 24.5. The van der Waals surface area contributed by atoms with E-state index in [1.165, 1.54) is 10.6 Å². The van der Waals surface area contributed by atoms with Gasteiger partial charge in [0.25, 0.3) is 5.56 Å². The number of hydrogen-bond acceptors (Lipinski definition) is 7. The van der Waals surface area contributed by atoms with Gasteiger partial charge >= 0.3 is 5.97 Å². The van der Waals surface area contributed by atoms with Crippen LogP contribution in [0.25, 0.3) is 38.7 Å². The normalized spacial score (nSPS) is 19.2. The highest BCUT2D eigenvalue weighted by molar-refractivity contribution is 6.18. The van der Waals surface area contributed by atoms with Gasteiger partial charge in [-0.05, 0) is 31.5 Å². The predicted octanol–water partition coefficient (Wildman–Crippen LogP) is 3.55. The van der Waals surface area contributed by atoms with Crippen LogP contribution in [0.3, 0.4) is 0 Å². The van der Waals surface area contributed by atoms with E-state index in [9.17, 15) is 19.1 Å². The maximum absolute atomic E-state index is 15.6. The molecule has 3 N–H and O–H groups in total. The van der Waals surface area contributed by atoms with Crippen molar-refractivity contribution in [2.45, 2.75) is 12.5 Å². The Morgan fingerprint density at radius 1 is 1.18 bits per heavy atom. The number of anilines is 2. The van der Waals surface area contributed by atoms with E-state index in [2.05, 4.69) is 37.1 Å². The third-order valence-electron chi connectivity index (χ3n) is 8.29. The SMILES string of the molecule is CNc1cc(F)c(F)c2c1[nH]c1ncc(-c3ccc4ncc(C(=O)O)c(=O)n4c3)c(N3CCC4CN(C)CC43)c12. The van der Waals surface area contributed by atoms with Crippen LogP contribution >= 0.6 is 0 Å². The van der Waals surface area contributed by atoms with Crippen molar-refractivity contribution in [2.24, 2.45) is 5.92 Å². The highest BCUT2D eigenvalue weighted by Crippen LogP contribution is 2.46. The maximum Gasteiger partial charge on any atom is 0.342 e. The van der Waals surface area contributed by atoms with Gasteiger partial charge in [0.05, 0.1) is 27.7 Å². The number of carbonyl (C=O) groups is 1. The van der Waals surface area contributed by atoms with E-state index >= 15 is 4.39 Å². The Labute approximate surface area is 225 Å². The molecule has 6 heterocycles. The number of H-pyrrole nitrogens is 1. The van der Waals surface area contributed by atoms with Crippen LogP contribution in [-0.2, 0) is 0 Å². The van der Waals surface area contributed by atoms with Crippen LogP contribution in [0.15, 0.2) is 41.6 Å². The van der Waals surface area contributed by atoms with Crippen molar-refractivity contribution in [3.63, 3.8) is 0 Å². The molecular formula is C28H25F2N7O3. The number of rotatable bonds is 4. The zero-order chi connectivity index (χ0) is 27.9. The molecule has 204 valence electrons. The van der Waals surface area contributed by atoms with Gasteiger partial charge in [-0.15, -0.1) is 0 Å². The van der Waals surface area contributed by atoms with Gasteiger partial charge in [0, 0.05) is 68.5 Å². The molecule has 4 aromatic heterocycles. The number of aromatic nitrogens is 4. The predicted molar refractivity (Wildman–Crippen MR) is 147 cm³/mol. The molecule has 0 aliphatic carbocycles. The Morgan fingerprint density at radius 2 is 2.00 bits per heavy atom. The number of nitrogens with one attached hydrogen (secondary N) is 2. The van der Waals surface area contributed by atoms with Gasteiger partial charge in [-0.25, -0.2) is 23.5 Å². The van der Waals surface area contributed by atoms with Crippen molar-refractivity contribution in [3.8, 4) is 11.1 Å². The van der Waals surface area contributed by atoms with E-state index in [0.717, 1.165) is 38.3 Å². The first-order valence-electron chi connectivity index (χ1n) is 13.0. The minimum Gasteiger partial charge on any atom is -0.477 e.